The molecule has 9 heteroatoms. The van der Waals surface area contributed by atoms with Crippen molar-refractivity contribution in [3.05, 3.63) is 36.0 Å². The SMILES string of the molecule is COc1nc(NC2CCC3(CC2)CNC3)nn2ccc(-c3ccc4c(c3)CN(CCO)C(C)=N4)c12. The van der Waals surface area contributed by atoms with Gasteiger partial charge in [0, 0.05) is 44.0 Å². The Labute approximate surface area is 205 Å². The number of aromatic nitrogens is 3. The summed E-state index contributed by atoms with van der Waals surface area (Å²) in [6, 6.07) is 8.78. The van der Waals surface area contributed by atoms with Crippen LogP contribution in [0.25, 0.3) is 16.6 Å². The molecule has 0 radical (unpaired) electrons. The van der Waals surface area contributed by atoms with Gasteiger partial charge in [-0.25, -0.2) is 9.51 Å². The van der Waals surface area contributed by atoms with Gasteiger partial charge in [-0.1, -0.05) is 6.07 Å². The predicted octanol–water partition coefficient (Wildman–Crippen LogP) is 3.21. The summed E-state index contributed by atoms with van der Waals surface area (Å²) in [6.45, 7) is 5.72. The van der Waals surface area contributed by atoms with Gasteiger partial charge in [-0.15, -0.1) is 5.10 Å². The monoisotopic (exact) mass is 475 g/mol. The van der Waals surface area contributed by atoms with Crippen molar-refractivity contribution >= 4 is 23.0 Å². The van der Waals surface area contributed by atoms with E-state index in [0.29, 0.717) is 29.8 Å². The highest BCUT2D eigenvalue weighted by Gasteiger charge is 2.40. The Hall–Kier alpha value is -3.17. The molecule has 2 aromatic heterocycles. The second-order valence-corrected chi connectivity index (χ2v) is 10.1. The van der Waals surface area contributed by atoms with E-state index in [-0.39, 0.29) is 6.61 Å². The maximum atomic E-state index is 9.39. The summed E-state index contributed by atoms with van der Waals surface area (Å²) < 4.78 is 7.60. The van der Waals surface area contributed by atoms with Crippen LogP contribution >= 0.6 is 0 Å². The Balaban J connectivity index is 1.27. The Morgan fingerprint density at radius 3 is 2.77 bits per heavy atom. The molecule has 0 atom stereocenters. The van der Waals surface area contributed by atoms with E-state index < -0.39 is 0 Å². The van der Waals surface area contributed by atoms with Crippen molar-refractivity contribution in [1.29, 1.82) is 0 Å². The van der Waals surface area contributed by atoms with Gasteiger partial charge in [0.15, 0.2) is 0 Å². The Morgan fingerprint density at radius 1 is 1.23 bits per heavy atom. The molecule has 6 rings (SSSR count). The summed E-state index contributed by atoms with van der Waals surface area (Å²) in [4.78, 5) is 11.6. The number of ether oxygens (including phenoxy) is 1. The molecule has 1 aliphatic carbocycles. The van der Waals surface area contributed by atoms with Crippen LogP contribution in [0.3, 0.4) is 0 Å². The maximum Gasteiger partial charge on any atom is 0.244 e. The van der Waals surface area contributed by atoms with Gasteiger partial charge in [0.25, 0.3) is 0 Å². The summed E-state index contributed by atoms with van der Waals surface area (Å²) >= 11 is 0. The average Bonchev–Trinajstić information content (AvgIpc) is 3.27. The van der Waals surface area contributed by atoms with E-state index in [9.17, 15) is 5.11 Å². The minimum absolute atomic E-state index is 0.107. The molecule has 35 heavy (non-hydrogen) atoms. The van der Waals surface area contributed by atoms with Gasteiger partial charge < -0.3 is 25.4 Å². The number of benzene rings is 1. The van der Waals surface area contributed by atoms with E-state index in [2.05, 4.69) is 39.8 Å². The highest BCUT2D eigenvalue weighted by atomic mass is 16.5. The van der Waals surface area contributed by atoms with Gasteiger partial charge in [0.1, 0.15) is 11.4 Å². The Kier molecular flexibility index (Phi) is 5.61. The fourth-order valence-electron chi connectivity index (χ4n) is 5.73. The fraction of sp³-hybridized carbons (Fsp3) is 0.500. The summed E-state index contributed by atoms with van der Waals surface area (Å²) in [7, 11) is 1.66. The smallest absolute Gasteiger partial charge is 0.244 e. The number of nitrogens with zero attached hydrogens (tertiary/aromatic N) is 5. The summed E-state index contributed by atoms with van der Waals surface area (Å²) in [5, 5.41) is 21.2. The first-order valence-corrected chi connectivity index (χ1v) is 12.5. The van der Waals surface area contributed by atoms with Crippen LogP contribution in [0, 0.1) is 5.41 Å². The van der Waals surface area contributed by atoms with Gasteiger partial charge in [0.05, 0.1) is 19.4 Å². The van der Waals surface area contributed by atoms with E-state index in [0.717, 1.165) is 66.2 Å². The molecule has 1 aromatic carbocycles. The molecule has 1 spiro atoms. The topological polar surface area (TPSA) is 99.3 Å². The number of rotatable bonds is 6. The summed E-state index contributed by atoms with van der Waals surface area (Å²) in [6.07, 6.45) is 6.76. The summed E-state index contributed by atoms with van der Waals surface area (Å²) in [5.41, 5.74) is 5.59. The third kappa shape index (κ3) is 4.02. The standard InChI is InChI=1S/C26H33N7O2/c1-17-28-22-4-3-18(13-19(22)14-32(17)11-12-34)21-7-10-33-23(21)24(35-2)30-25(31-33)29-20-5-8-26(9-6-20)15-27-16-26/h3-4,7,10,13,20,27,34H,5-6,8-9,11-12,14-16H2,1-2H3,(H,29,31). The maximum absolute atomic E-state index is 9.39. The minimum Gasteiger partial charge on any atom is -0.479 e. The van der Waals surface area contributed by atoms with Gasteiger partial charge in [0.2, 0.25) is 11.8 Å². The lowest BCUT2D eigenvalue weighted by molar-refractivity contribution is 0.101. The van der Waals surface area contributed by atoms with Crippen molar-refractivity contribution < 1.29 is 9.84 Å². The fourth-order valence-corrected chi connectivity index (χ4v) is 5.73. The first kappa shape index (κ1) is 22.3. The third-order valence-electron chi connectivity index (χ3n) is 7.91. The van der Waals surface area contributed by atoms with Crippen LogP contribution in [0.1, 0.15) is 38.2 Å². The number of fused-ring (bicyclic) bond motifs is 2. The minimum atomic E-state index is 0.107. The molecular formula is C26H33N7O2. The van der Waals surface area contributed by atoms with Crippen LogP contribution < -0.4 is 15.4 Å². The number of aliphatic imine (C=N–C) groups is 1. The summed E-state index contributed by atoms with van der Waals surface area (Å²) in [5.74, 6) is 2.10. The number of aliphatic hydroxyl groups is 1. The van der Waals surface area contributed by atoms with Crippen LogP contribution in [-0.2, 0) is 6.54 Å². The molecule has 0 unspecified atom stereocenters. The third-order valence-corrected chi connectivity index (χ3v) is 7.91. The molecular weight excluding hydrogens is 442 g/mol. The normalized spacial score (nSPS) is 19.4. The molecule has 0 bridgehead atoms. The Morgan fingerprint density at radius 2 is 2.06 bits per heavy atom. The zero-order valence-electron chi connectivity index (χ0n) is 20.4. The van der Waals surface area contributed by atoms with Crippen LogP contribution in [0.4, 0.5) is 11.6 Å². The number of aliphatic hydroxyl groups excluding tert-OH is 1. The first-order valence-electron chi connectivity index (χ1n) is 12.5. The van der Waals surface area contributed by atoms with Gasteiger partial charge in [-0.05, 0) is 67.3 Å². The molecule has 9 nitrogen and oxygen atoms in total. The molecule has 4 heterocycles. The molecule has 1 saturated carbocycles. The van der Waals surface area contributed by atoms with Crippen molar-refractivity contribution in [2.24, 2.45) is 10.4 Å². The second-order valence-electron chi connectivity index (χ2n) is 10.1. The van der Waals surface area contributed by atoms with Crippen molar-refractivity contribution in [3.8, 4) is 17.0 Å². The number of methoxy groups -OCH3 is 1. The molecule has 1 saturated heterocycles. The van der Waals surface area contributed by atoms with Crippen molar-refractivity contribution in [3.63, 3.8) is 0 Å². The lowest BCUT2D eigenvalue weighted by Gasteiger charge is -2.47. The lowest BCUT2D eigenvalue weighted by atomic mass is 9.68. The molecule has 3 N–H and O–H groups in total. The molecule has 3 aromatic rings. The van der Waals surface area contributed by atoms with Crippen LogP contribution in [0.2, 0.25) is 0 Å². The van der Waals surface area contributed by atoms with Crippen molar-refractivity contribution in [2.45, 2.75) is 45.2 Å². The number of hydrogen-bond acceptors (Lipinski definition) is 8. The number of amidine groups is 1. The molecule has 184 valence electrons. The van der Waals surface area contributed by atoms with Crippen LogP contribution in [0.5, 0.6) is 5.88 Å². The molecule has 2 fully saturated rings. The number of β-amino-alcohol motifs (C(OH)–C–C–N with tert-alkyl or cyclic N) is 1. The number of nitrogens with one attached hydrogen (secondary N) is 2. The quantitative estimate of drug-likeness (QED) is 0.503. The van der Waals surface area contributed by atoms with E-state index in [1.165, 1.54) is 12.8 Å². The molecule has 0 amide bonds. The van der Waals surface area contributed by atoms with Crippen LogP contribution in [-0.4, -0.2) is 69.8 Å². The van der Waals surface area contributed by atoms with E-state index in [1.807, 2.05) is 17.6 Å². The van der Waals surface area contributed by atoms with Gasteiger partial charge in [-0.2, -0.15) is 4.98 Å². The van der Waals surface area contributed by atoms with Gasteiger partial charge in [-0.3, -0.25) is 0 Å². The van der Waals surface area contributed by atoms with Crippen LogP contribution in [0.15, 0.2) is 35.5 Å². The zero-order valence-corrected chi connectivity index (χ0v) is 20.4. The largest absolute Gasteiger partial charge is 0.479 e. The lowest BCUT2D eigenvalue weighted by Crippen LogP contribution is -2.55. The predicted molar refractivity (Wildman–Crippen MR) is 136 cm³/mol. The van der Waals surface area contributed by atoms with E-state index in [4.69, 9.17) is 19.8 Å². The molecule has 3 aliphatic rings. The highest BCUT2D eigenvalue weighted by Crippen LogP contribution is 2.40. The number of hydrogen-bond donors (Lipinski definition) is 3. The molecule has 2 aliphatic heterocycles. The average molecular weight is 476 g/mol. The van der Waals surface area contributed by atoms with Gasteiger partial charge >= 0.3 is 0 Å². The van der Waals surface area contributed by atoms with E-state index in [1.54, 1.807) is 7.11 Å². The zero-order chi connectivity index (χ0) is 24.0. The second kappa shape index (κ2) is 8.80. The first-order chi connectivity index (χ1) is 17.1. The van der Waals surface area contributed by atoms with Crippen molar-refractivity contribution in [2.75, 3.05) is 38.7 Å². The van der Waals surface area contributed by atoms with Crippen molar-refractivity contribution in [1.82, 2.24) is 24.8 Å². The van der Waals surface area contributed by atoms with E-state index >= 15 is 0 Å². The number of anilines is 1. The highest BCUT2D eigenvalue weighted by molar-refractivity contribution is 5.88. The Bertz CT molecular complexity index is 1270.